The molecule has 2 aromatic carbocycles. The van der Waals surface area contributed by atoms with Gasteiger partial charge in [-0.15, -0.1) is 0 Å². The summed E-state index contributed by atoms with van der Waals surface area (Å²) in [6.07, 6.45) is -2.18. The number of aliphatic hydroxyl groups is 1. The summed E-state index contributed by atoms with van der Waals surface area (Å²) < 4.78 is 21.8. The van der Waals surface area contributed by atoms with Crippen LogP contribution in [-0.2, 0) is 14.2 Å². The van der Waals surface area contributed by atoms with Crippen LogP contribution in [0.5, 0.6) is 5.75 Å². The topological polar surface area (TPSA) is 130 Å². The number of rotatable bonds is 9. The number of carbonyl (C=O) groups is 2. The summed E-state index contributed by atoms with van der Waals surface area (Å²) in [5.41, 5.74) is 2.04. The van der Waals surface area contributed by atoms with Gasteiger partial charge in [-0.2, -0.15) is 0 Å². The highest BCUT2D eigenvalue weighted by Crippen LogP contribution is 2.25. The Labute approximate surface area is 237 Å². The van der Waals surface area contributed by atoms with E-state index in [-0.39, 0.29) is 31.3 Å². The molecule has 2 rings (SSSR count). The zero-order valence-electron chi connectivity index (χ0n) is 25.0. The summed E-state index contributed by atoms with van der Waals surface area (Å²) in [4.78, 5) is 26.8. The summed E-state index contributed by atoms with van der Waals surface area (Å²) >= 11 is 0. The maximum atomic E-state index is 13.0. The fourth-order valence-electron chi connectivity index (χ4n) is 3.58. The summed E-state index contributed by atoms with van der Waals surface area (Å²) in [5, 5.41) is 21.6. The molecule has 0 aromatic heterocycles. The molecule has 2 aromatic rings. The fraction of sp³-hybridized carbons (Fsp3) is 0.500. The minimum atomic E-state index is -0.921. The lowest BCUT2D eigenvalue weighted by atomic mass is 10.0. The van der Waals surface area contributed by atoms with Crippen LogP contribution in [0.15, 0.2) is 36.4 Å². The molecule has 40 heavy (non-hydrogen) atoms. The maximum absolute atomic E-state index is 13.0. The molecule has 0 saturated heterocycles. The highest BCUT2D eigenvalue weighted by atomic mass is 16.6. The molecule has 1 atom stereocenters. The minimum absolute atomic E-state index is 0.0101. The molecular weight excluding hydrogens is 514 g/mol. The first-order valence-electron chi connectivity index (χ1n) is 13.1. The first-order valence-corrected chi connectivity index (χ1v) is 13.1. The normalized spacial score (nSPS) is 12.2. The third kappa shape index (κ3) is 10.4. The van der Waals surface area contributed by atoms with Crippen LogP contribution in [0.25, 0.3) is 0 Å². The van der Waals surface area contributed by atoms with Gasteiger partial charge in [-0.05, 0) is 84.2 Å². The molecule has 0 radical (unpaired) electrons. The number of amides is 2. The lowest BCUT2D eigenvalue weighted by molar-refractivity contribution is 0.0117. The number of hydrogen-bond donors (Lipinski definition) is 3. The van der Waals surface area contributed by atoms with Crippen LogP contribution in [0.3, 0.4) is 0 Å². The average molecular weight is 558 g/mol. The lowest BCUT2D eigenvalue weighted by Crippen LogP contribution is -2.41. The van der Waals surface area contributed by atoms with Gasteiger partial charge in [-0.1, -0.05) is 18.2 Å². The van der Waals surface area contributed by atoms with E-state index in [0.717, 1.165) is 11.1 Å². The Morgan fingerprint density at radius 1 is 0.975 bits per heavy atom. The number of ether oxygens (including phenoxy) is 4. The predicted molar refractivity (Wildman–Crippen MR) is 154 cm³/mol. The summed E-state index contributed by atoms with van der Waals surface area (Å²) in [6.45, 7) is 14.7. The van der Waals surface area contributed by atoms with Crippen molar-refractivity contribution in [3.8, 4) is 5.75 Å². The van der Waals surface area contributed by atoms with Gasteiger partial charge in [-0.3, -0.25) is 10.7 Å². The van der Waals surface area contributed by atoms with Gasteiger partial charge in [0.05, 0.1) is 37.6 Å². The predicted octanol–water partition coefficient (Wildman–Crippen LogP) is 5.97. The number of aliphatic hydroxyl groups excluding tert-OH is 1. The number of aryl methyl sites for hydroxylation is 2. The molecule has 1 unspecified atom stereocenters. The Morgan fingerprint density at radius 3 is 2.20 bits per heavy atom. The number of carbonyl (C=O) groups excluding carboxylic acids is 2. The summed E-state index contributed by atoms with van der Waals surface area (Å²) in [5.74, 6) is 0.242. The largest absolute Gasteiger partial charge is 0.492 e. The molecule has 2 amide bonds. The van der Waals surface area contributed by atoms with E-state index in [0.29, 0.717) is 16.9 Å². The number of nitrogens with one attached hydrogen (secondary N) is 2. The number of methoxy groups -OCH3 is 1. The van der Waals surface area contributed by atoms with Gasteiger partial charge in [0.1, 0.15) is 23.6 Å². The quantitative estimate of drug-likeness (QED) is 0.256. The van der Waals surface area contributed by atoms with E-state index in [4.69, 9.17) is 24.4 Å². The number of anilines is 1. The fourth-order valence-corrected chi connectivity index (χ4v) is 3.58. The molecule has 0 bridgehead atoms. The van der Waals surface area contributed by atoms with Crippen molar-refractivity contribution in [3.63, 3.8) is 0 Å². The number of nitrogens with zero attached hydrogens (tertiary/aromatic N) is 1. The zero-order valence-corrected chi connectivity index (χ0v) is 25.0. The van der Waals surface area contributed by atoms with Gasteiger partial charge in [0.25, 0.3) is 0 Å². The van der Waals surface area contributed by atoms with E-state index in [1.54, 1.807) is 59.7 Å². The lowest BCUT2D eigenvalue weighted by Gasteiger charge is -2.29. The Hall–Kier alpha value is -3.79. The monoisotopic (exact) mass is 557 g/mol. The molecule has 0 aliphatic heterocycles. The number of hydrogen-bond acceptors (Lipinski definition) is 8. The minimum Gasteiger partial charge on any atom is -0.492 e. The van der Waals surface area contributed by atoms with Gasteiger partial charge in [-0.25, -0.2) is 9.59 Å². The Kier molecular flexibility index (Phi) is 11.0. The molecule has 0 fully saturated rings. The van der Waals surface area contributed by atoms with Crippen LogP contribution >= 0.6 is 0 Å². The number of benzene rings is 2. The zero-order chi connectivity index (χ0) is 30.3. The van der Waals surface area contributed by atoms with Gasteiger partial charge in [0, 0.05) is 6.07 Å². The van der Waals surface area contributed by atoms with Crippen molar-refractivity contribution in [1.82, 2.24) is 4.90 Å². The first kappa shape index (κ1) is 32.4. The Morgan fingerprint density at radius 2 is 1.62 bits per heavy atom. The van der Waals surface area contributed by atoms with E-state index >= 15 is 0 Å². The van der Waals surface area contributed by atoms with Crippen molar-refractivity contribution in [2.75, 3.05) is 32.1 Å². The molecule has 0 heterocycles. The molecule has 0 spiro atoms. The summed E-state index contributed by atoms with van der Waals surface area (Å²) in [6, 6.07) is 10.4. The van der Waals surface area contributed by atoms with E-state index in [9.17, 15) is 14.7 Å². The van der Waals surface area contributed by atoms with Crippen molar-refractivity contribution in [2.45, 2.75) is 72.7 Å². The van der Waals surface area contributed by atoms with E-state index in [1.165, 1.54) is 12.0 Å². The molecule has 10 heteroatoms. The second-order valence-electron chi connectivity index (χ2n) is 11.5. The van der Waals surface area contributed by atoms with Crippen molar-refractivity contribution < 1.29 is 33.6 Å². The SMILES string of the molecule is COC(=N)c1ccc(OCCN(CC(O)c2ccc(C)c(C)c2)C(=O)OC(C)(C)C)cc1NC(=O)OC(C)(C)C. The Balaban J connectivity index is 2.19. The van der Waals surface area contributed by atoms with Crippen LogP contribution < -0.4 is 10.1 Å². The van der Waals surface area contributed by atoms with Crippen molar-refractivity contribution in [1.29, 1.82) is 5.41 Å². The van der Waals surface area contributed by atoms with E-state index in [2.05, 4.69) is 5.32 Å². The average Bonchev–Trinajstić information content (AvgIpc) is 2.82. The molecular formula is C30H43N3O7. The standard InChI is InChI=1S/C30H43N3O7/c1-19-10-11-21(16-20(19)2)25(34)18-33(28(36)40-30(6,7)8)14-15-38-22-12-13-23(26(31)37-9)24(17-22)32-27(35)39-29(3,4)5/h10-13,16-17,25,31,34H,14-15,18H2,1-9H3,(H,32,35). The first-order chi connectivity index (χ1) is 18.5. The molecule has 0 saturated carbocycles. The van der Waals surface area contributed by atoms with E-state index < -0.39 is 29.5 Å². The van der Waals surface area contributed by atoms with Crippen molar-refractivity contribution in [3.05, 3.63) is 58.7 Å². The maximum Gasteiger partial charge on any atom is 0.412 e. The van der Waals surface area contributed by atoms with Gasteiger partial charge in [0.15, 0.2) is 0 Å². The van der Waals surface area contributed by atoms with Gasteiger partial charge >= 0.3 is 12.2 Å². The van der Waals surface area contributed by atoms with Crippen molar-refractivity contribution in [2.24, 2.45) is 0 Å². The van der Waals surface area contributed by atoms with E-state index in [1.807, 2.05) is 32.0 Å². The third-order valence-corrected chi connectivity index (χ3v) is 5.67. The third-order valence-electron chi connectivity index (χ3n) is 5.67. The molecule has 220 valence electrons. The molecule has 0 aliphatic carbocycles. The molecule has 10 nitrogen and oxygen atoms in total. The van der Waals surface area contributed by atoms with Gasteiger partial charge < -0.3 is 29.0 Å². The van der Waals surface area contributed by atoms with Crippen molar-refractivity contribution >= 4 is 23.8 Å². The highest BCUT2D eigenvalue weighted by molar-refractivity contribution is 6.01. The van der Waals surface area contributed by atoms with Crippen LogP contribution in [0.4, 0.5) is 15.3 Å². The second kappa shape index (κ2) is 13.5. The molecule has 3 N–H and O–H groups in total. The Bertz CT molecular complexity index is 1200. The van der Waals surface area contributed by atoms with Crippen LogP contribution in [0, 0.1) is 19.3 Å². The van der Waals surface area contributed by atoms with Crippen LogP contribution in [0.1, 0.15) is 69.9 Å². The van der Waals surface area contributed by atoms with Crippen LogP contribution in [0.2, 0.25) is 0 Å². The highest BCUT2D eigenvalue weighted by Gasteiger charge is 2.25. The smallest absolute Gasteiger partial charge is 0.412 e. The van der Waals surface area contributed by atoms with Gasteiger partial charge in [0.2, 0.25) is 5.90 Å². The second-order valence-corrected chi connectivity index (χ2v) is 11.5. The molecule has 0 aliphatic rings. The summed E-state index contributed by atoms with van der Waals surface area (Å²) in [7, 11) is 1.36. The van der Waals surface area contributed by atoms with Crippen LogP contribution in [-0.4, -0.2) is 66.1 Å².